The van der Waals surface area contributed by atoms with Gasteiger partial charge in [0.15, 0.2) is 0 Å². The summed E-state index contributed by atoms with van der Waals surface area (Å²) in [4.78, 5) is 2.57. The lowest BCUT2D eigenvalue weighted by atomic mass is 10.2. The van der Waals surface area contributed by atoms with Crippen LogP contribution in [-0.2, 0) is 0 Å². The Labute approximate surface area is 123 Å². The molecular weight excluding hydrogens is 248 g/mol. The number of nitrogens with zero attached hydrogens (tertiary/aromatic N) is 1. The van der Waals surface area contributed by atoms with Crippen molar-refractivity contribution in [1.82, 2.24) is 10.2 Å². The van der Waals surface area contributed by atoms with Crippen molar-refractivity contribution in [2.24, 2.45) is 5.92 Å². The van der Waals surface area contributed by atoms with Gasteiger partial charge in [0.25, 0.3) is 0 Å². The zero-order chi connectivity index (χ0) is 14.2. The Morgan fingerprint density at radius 2 is 2.10 bits per heavy atom. The first-order valence-corrected chi connectivity index (χ1v) is 7.88. The molecule has 1 aliphatic heterocycles. The predicted molar refractivity (Wildman–Crippen MR) is 84.2 cm³/mol. The van der Waals surface area contributed by atoms with Gasteiger partial charge in [-0.2, -0.15) is 0 Å². The van der Waals surface area contributed by atoms with Crippen molar-refractivity contribution in [2.45, 2.75) is 32.7 Å². The maximum atomic E-state index is 5.80. The lowest BCUT2D eigenvalue weighted by Gasteiger charge is -2.25. The van der Waals surface area contributed by atoms with Crippen LogP contribution in [0.1, 0.15) is 26.7 Å². The second-order valence-corrected chi connectivity index (χ2v) is 6.05. The number of likely N-dealkylation sites (tertiary alicyclic amines) is 1. The molecule has 1 atom stereocenters. The van der Waals surface area contributed by atoms with Crippen LogP contribution in [0.4, 0.5) is 0 Å². The second kappa shape index (κ2) is 8.28. The van der Waals surface area contributed by atoms with Crippen molar-refractivity contribution in [2.75, 3.05) is 32.8 Å². The van der Waals surface area contributed by atoms with E-state index in [1.165, 1.54) is 19.4 Å². The minimum absolute atomic E-state index is 0.688. The molecule has 0 radical (unpaired) electrons. The fraction of sp³-hybridized carbons (Fsp3) is 0.647. The maximum absolute atomic E-state index is 5.80. The Bertz CT molecular complexity index is 367. The third kappa shape index (κ3) is 5.14. The highest BCUT2D eigenvalue weighted by atomic mass is 16.5. The van der Waals surface area contributed by atoms with Crippen LogP contribution in [0.2, 0.25) is 0 Å². The summed E-state index contributed by atoms with van der Waals surface area (Å²) in [5, 5.41) is 3.58. The molecule has 0 spiro atoms. The molecule has 3 heteroatoms. The van der Waals surface area contributed by atoms with E-state index in [1.807, 2.05) is 30.3 Å². The molecule has 1 aromatic carbocycles. The Morgan fingerprint density at radius 3 is 2.85 bits per heavy atom. The summed E-state index contributed by atoms with van der Waals surface area (Å²) in [6.07, 6.45) is 2.63. The normalized spacial score (nSPS) is 19.6. The third-order valence-electron chi connectivity index (χ3n) is 3.82. The van der Waals surface area contributed by atoms with Crippen LogP contribution >= 0.6 is 0 Å². The molecule has 1 N–H and O–H groups in total. The van der Waals surface area contributed by atoms with Gasteiger partial charge in [0.2, 0.25) is 0 Å². The van der Waals surface area contributed by atoms with E-state index in [0.29, 0.717) is 6.04 Å². The SMILES string of the molecule is CC(C)CNCC1CCCN1CCOc1ccccc1. The maximum Gasteiger partial charge on any atom is 0.119 e. The number of ether oxygens (including phenoxy) is 1. The number of para-hydroxylation sites is 1. The molecule has 1 fully saturated rings. The van der Waals surface area contributed by atoms with Gasteiger partial charge < -0.3 is 10.1 Å². The molecule has 0 bridgehead atoms. The fourth-order valence-electron chi connectivity index (χ4n) is 2.76. The molecule has 1 saturated heterocycles. The molecule has 1 aliphatic rings. The van der Waals surface area contributed by atoms with Gasteiger partial charge in [-0.05, 0) is 44.0 Å². The van der Waals surface area contributed by atoms with Crippen molar-refractivity contribution < 1.29 is 4.74 Å². The molecule has 0 aliphatic carbocycles. The molecular formula is C17H28N2O. The predicted octanol–water partition coefficient (Wildman–Crippen LogP) is 2.78. The molecule has 0 saturated carbocycles. The molecule has 2 rings (SSSR count). The van der Waals surface area contributed by atoms with Crippen LogP contribution in [0.15, 0.2) is 30.3 Å². The van der Waals surface area contributed by atoms with E-state index in [2.05, 4.69) is 24.1 Å². The fourth-order valence-corrected chi connectivity index (χ4v) is 2.76. The van der Waals surface area contributed by atoms with E-state index in [9.17, 15) is 0 Å². The topological polar surface area (TPSA) is 24.5 Å². The van der Waals surface area contributed by atoms with Crippen LogP contribution in [-0.4, -0.2) is 43.7 Å². The van der Waals surface area contributed by atoms with Crippen molar-refractivity contribution in [3.63, 3.8) is 0 Å². The van der Waals surface area contributed by atoms with E-state index in [4.69, 9.17) is 4.74 Å². The molecule has 0 amide bonds. The third-order valence-corrected chi connectivity index (χ3v) is 3.82. The average Bonchev–Trinajstić information content (AvgIpc) is 2.87. The van der Waals surface area contributed by atoms with E-state index in [1.54, 1.807) is 0 Å². The Morgan fingerprint density at radius 1 is 1.30 bits per heavy atom. The first kappa shape index (κ1) is 15.3. The van der Waals surface area contributed by atoms with Gasteiger partial charge in [0.1, 0.15) is 12.4 Å². The van der Waals surface area contributed by atoms with E-state index < -0.39 is 0 Å². The van der Waals surface area contributed by atoms with Crippen molar-refractivity contribution in [3.8, 4) is 5.75 Å². The molecule has 3 nitrogen and oxygen atoms in total. The van der Waals surface area contributed by atoms with Crippen molar-refractivity contribution in [3.05, 3.63) is 30.3 Å². The number of hydrogen-bond donors (Lipinski definition) is 1. The smallest absolute Gasteiger partial charge is 0.119 e. The molecule has 0 aromatic heterocycles. The van der Waals surface area contributed by atoms with Crippen LogP contribution in [0.25, 0.3) is 0 Å². The van der Waals surface area contributed by atoms with Gasteiger partial charge in [0.05, 0.1) is 0 Å². The second-order valence-electron chi connectivity index (χ2n) is 6.05. The first-order valence-electron chi connectivity index (χ1n) is 7.88. The minimum atomic E-state index is 0.688. The van der Waals surface area contributed by atoms with E-state index in [0.717, 1.165) is 37.9 Å². The van der Waals surface area contributed by atoms with E-state index >= 15 is 0 Å². The molecule has 1 aromatic rings. The molecule has 20 heavy (non-hydrogen) atoms. The number of rotatable bonds is 8. The Kier molecular flexibility index (Phi) is 6.34. The Balaban J connectivity index is 1.66. The number of benzene rings is 1. The van der Waals surface area contributed by atoms with E-state index in [-0.39, 0.29) is 0 Å². The monoisotopic (exact) mass is 276 g/mol. The number of hydrogen-bond acceptors (Lipinski definition) is 3. The quantitative estimate of drug-likeness (QED) is 0.790. The van der Waals surface area contributed by atoms with Gasteiger partial charge in [-0.15, -0.1) is 0 Å². The van der Waals surface area contributed by atoms with Crippen LogP contribution in [0, 0.1) is 5.92 Å². The van der Waals surface area contributed by atoms with Gasteiger partial charge in [-0.25, -0.2) is 0 Å². The summed E-state index contributed by atoms with van der Waals surface area (Å²) >= 11 is 0. The highest BCUT2D eigenvalue weighted by Gasteiger charge is 2.23. The molecule has 112 valence electrons. The van der Waals surface area contributed by atoms with Gasteiger partial charge in [-0.1, -0.05) is 32.0 Å². The summed E-state index contributed by atoms with van der Waals surface area (Å²) < 4.78 is 5.80. The van der Waals surface area contributed by atoms with Crippen molar-refractivity contribution >= 4 is 0 Å². The highest BCUT2D eigenvalue weighted by Crippen LogP contribution is 2.16. The first-order chi connectivity index (χ1) is 9.75. The zero-order valence-electron chi connectivity index (χ0n) is 12.8. The van der Waals surface area contributed by atoms with Crippen LogP contribution < -0.4 is 10.1 Å². The van der Waals surface area contributed by atoms with Crippen molar-refractivity contribution in [1.29, 1.82) is 0 Å². The summed E-state index contributed by atoms with van der Waals surface area (Å²) in [7, 11) is 0. The molecule has 1 heterocycles. The summed E-state index contributed by atoms with van der Waals surface area (Å²) in [6, 6.07) is 10.8. The largest absolute Gasteiger partial charge is 0.492 e. The van der Waals surface area contributed by atoms with Gasteiger partial charge >= 0.3 is 0 Å². The van der Waals surface area contributed by atoms with Crippen LogP contribution in [0.3, 0.4) is 0 Å². The summed E-state index contributed by atoms with van der Waals surface area (Å²) in [6.45, 7) is 9.77. The number of nitrogens with one attached hydrogen (secondary N) is 1. The standard InChI is InChI=1S/C17H28N2O/c1-15(2)13-18-14-16-7-6-10-19(16)11-12-20-17-8-4-3-5-9-17/h3-5,8-9,15-16,18H,6-7,10-14H2,1-2H3. The van der Waals surface area contributed by atoms with Gasteiger partial charge in [-0.3, -0.25) is 4.90 Å². The van der Waals surface area contributed by atoms with Crippen LogP contribution in [0.5, 0.6) is 5.75 Å². The summed E-state index contributed by atoms with van der Waals surface area (Å²) in [5.41, 5.74) is 0. The Hall–Kier alpha value is -1.06. The molecule has 1 unspecified atom stereocenters. The van der Waals surface area contributed by atoms with Gasteiger partial charge in [0, 0.05) is 19.1 Å². The lowest BCUT2D eigenvalue weighted by molar-refractivity contribution is 0.193. The highest BCUT2D eigenvalue weighted by molar-refractivity contribution is 5.20. The minimum Gasteiger partial charge on any atom is -0.492 e. The average molecular weight is 276 g/mol. The zero-order valence-corrected chi connectivity index (χ0v) is 12.8. The lowest BCUT2D eigenvalue weighted by Crippen LogP contribution is -2.40. The summed E-state index contributed by atoms with van der Waals surface area (Å²) in [5.74, 6) is 1.70.